The topological polar surface area (TPSA) is 37.4 Å². The average molecular weight is 244 g/mol. The minimum absolute atomic E-state index is 0.0180. The van der Waals surface area contributed by atoms with Crippen molar-refractivity contribution in [2.45, 2.75) is 5.75 Å². The van der Waals surface area contributed by atoms with Crippen LogP contribution in [0.4, 0.5) is 5.69 Å². The summed E-state index contributed by atoms with van der Waals surface area (Å²) in [5.74, 6) is -0.0180. The average Bonchev–Trinajstić information content (AvgIpc) is 2.42. The highest BCUT2D eigenvalue weighted by atomic mass is 35.5. The van der Waals surface area contributed by atoms with E-state index >= 15 is 0 Å². The Morgan fingerprint density at radius 1 is 1.53 bits per heavy atom. The molecule has 0 radical (unpaired) electrons. The lowest BCUT2D eigenvalue weighted by Crippen LogP contribution is -2.26. The van der Waals surface area contributed by atoms with Gasteiger partial charge in [-0.3, -0.25) is 4.31 Å². The molecule has 15 heavy (non-hydrogen) atoms. The largest absolute Gasteiger partial charge is 0.266 e. The van der Waals surface area contributed by atoms with Crippen LogP contribution >= 0.6 is 11.6 Å². The molecule has 0 bridgehead atoms. The van der Waals surface area contributed by atoms with E-state index in [2.05, 4.69) is 6.58 Å². The van der Waals surface area contributed by atoms with Crippen molar-refractivity contribution < 1.29 is 8.42 Å². The monoisotopic (exact) mass is 243 g/mol. The Morgan fingerprint density at radius 3 is 2.93 bits per heavy atom. The van der Waals surface area contributed by atoms with E-state index in [1.807, 2.05) is 0 Å². The Bertz CT molecular complexity index is 510. The zero-order valence-corrected chi connectivity index (χ0v) is 9.55. The first-order valence-corrected chi connectivity index (χ1v) is 6.43. The lowest BCUT2D eigenvalue weighted by atomic mass is 10.2. The van der Waals surface area contributed by atoms with Gasteiger partial charge in [-0.15, -0.1) is 6.58 Å². The number of anilines is 1. The molecule has 1 aliphatic rings. The molecule has 0 unspecified atom stereocenters. The van der Waals surface area contributed by atoms with Gasteiger partial charge in [-0.1, -0.05) is 23.7 Å². The molecule has 0 saturated heterocycles. The first kappa shape index (κ1) is 10.5. The number of nitrogens with zero attached hydrogens (tertiary/aromatic N) is 1. The molecular weight excluding hydrogens is 234 g/mol. The van der Waals surface area contributed by atoms with Crippen LogP contribution in [0.15, 0.2) is 30.9 Å². The molecule has 80 valence electrons. The zero-order valence-electron chi connectivity index (χ0n) is 7.98. The standard InChI is InChI=1S/C10H10ClNO2S/c1-2-6-12-10-5-3-4-9(11)8(10)7-15(12,13)14/h2-5H,1,6-7H2. The summed E-state index contributed by atoms with van der Waals surface area (Å²) in [7, 11) is -3.25. The highest BCUT2D eigenvalue weighted by molar-refractivity contribution is 7.92. The minimum Gasteiger partial charge on any atom is -0.266 e. The van der Waals surface area contributed by atoms with Crippen molar-refractivity contribution in [2.24, 2.45) is 0 Å². The van der Waals surface area contributed by atoms with Crippen molar-refractivity contribution in [2.75, 3.05) is 10.8 Å². The maximum absolute atomic E-state index is 11.8. The molecule has 0 spiro atoms. The van der Waals surface area contributed by atoms with Gasteiger partial charge in [-0.05, 0) is 12.1 Å². The van der Waals surface area contributed by atoms with Crippen LogP contribution in [0.5, 0.6) is 0 Å². The second-order valence-corrected chi connectivity index (χ2v) is 5.61. The molecule has 0 saturated carbocycles. The summed E-state index contributed by atoms with van der Waals surface area (Å²) in [6.45, 7) is 3.83. The fraction of sp³-hybridized carbons (Fsp3) is 0.200. The number of fused-ring (bicyclic) bond motifs is 1. The van der Waals surface area contributed by atoms with Gasteiger partial charge in [-0.25, -0.2) is 8.42 Å². The van der Waals surface area contributed by atoms with Crippen molar-refractivity contribution in [3.63, 3.8) is 0 Å². The van der Waals surface area contributed by atoms with E-state index in [1.54, 1.807) is 24.3 Å². The molecule has 0 fully saturated rings. The summed E-state index contributed by atoms with van der Waals surface area (Å²) in [4.78, 5) is 0. The summed E-state index contributed by atoms with van der Waals surface area (Å²) >= 11 is 5.95. The Hall–Kier alpha value is -1.00. The van der Waals surface area contributed by atoms with E-state index in [0.717, 1.165) is 0 Å². The van der Waals surface area contributed by atoms with E-state index in [1.165, 1.54) is 4.31 Å². The van der Waals surface area contributed by atoms with Gasteiger partial charge >= 0.3 is 0 Å². The first-order chi connectivity index (χ1) is 7.06. The van der Waals surface area contributed by atoms with Crippen molar-refractivity contribution in [1.29, 1.82) is 0 Å². The molecule has 0 amide bonds. The molecule has 5 heteroatoms. The molecule has 1 aromatic rings. The summed E-state index contributed by atoms with van der Waals surface area (Å²) in [6.07, 6.45) is 1.56. The third-order valence-electron chi connectivity index (χ3n) is 2.32. The third kappa shape index (κ3) is 1.64. The van der Waals surface area contributed by atoms with Gasteiger partial charge in [0, 0.05) is 10.6 Å². The predicted molar refractivity (Wildman–Crippen MR) is 61.6 cm³/mol. The van der Waals surface area contributed by atoms with Crippen molar-refractivity contribution in [3.8, 4) is 0 Å². The Balaban J connectivity index is 2.59. The number of benzene rings is 1. The summed E-state index contributed by atoms with van der Waals surface area (Å²) in [5.41, 5.74) is 1.35. The van der Waals surface area contributed by atoms with Gasteiger partial charge in [0.2, 0.25) is 10.0 Å². The van der Waals surface area contributed by atoms with Crippen molar-refractivity contribution in [1.82, 2.24) is 0 Å². The maximum Gasteiger partial charge on any atom is 0.239 e. The fourth-order valence-corrected chi connectivity index (χ4v) is 3.61. The van der Waals surface area contributed by atoms with Gasteiger partial charge in [0.15, 0.2) is 0 Å². The Kier molecular flexibility index (Phi) is 2.48. The van der Waals surface area contributed by atoms with Gasteiger partial charge in [-0.2, -0.15) is 0 Å². The molecule has 1 heterocycles. The second kappa shape index (κ2) is 3.54. The smallest absolute Gasteiger partial charge is 0.239 e. The molecule has 1 aromatic carbocycles. The second-order valence-electron chi connectivity index (χ2n) is 3.31. The van der Waals surface area contributed by atoms with E-state index in [0.29, 0.717) is 16.3 Å². The number of sulfonamides is 1. The highest BCUT2D eigenvalue weighted by Crippen LogP contribution is 2.37. The summed E-state index contributed by atoms with van der Waals surface area (Å²) in [5, 5.41) is 0.502. The lowest BCUT2D eigenvalue weighted by Gasteiger charge is -2.15. The van der Waals surface area contributed by atoms with Crippen LogP contribution in [-0.4, -0.2) is 15.0 Å². The summed E-state index contributed by atoms with van der Waals surface area (Å²) in [6, 6.07) is 5.21. The zero-order chi connectivity index (χ0) is 11.1. The van der Waals surface area contributed by atoms with Gasteiger partial charge in [0.1, 0.15) is 0 Å². The molecule has 2 rings (SSSR count). The number of halogens is 1. The molecule has 0 atom stereocenters. The molecule has 1 aliphatic heterocycles. The van der Waals surface area contributed by atoms with Crippen LogP contribution in [-0.2, 0) is 15.8 Å². The highest BCUT2D eigenvalue weighted by Gasteiger charge is 2.33. The quantitative estimate of drug-likeness (QED) is 0.747. The van der Waals surface area contributed by atoms with Gasteiger partial charge < -0.3 is 0 Å². The van der Waals surface area contributed by atoms with E-state index in [-0.39, 0.29) is 12.3 Å². The molecule has 3 nitrogen and oxygen atoms in total. The van der Waals surface area contributed by atoms with E-state index < -0.39 is 10.0 Å². The molecular formula is C10H10ClNO2S. The van der Waals surface area contributed by atoms with Crippen molar-refractivity contribution >= 4 is 27.3 Å². The molecule has 0 aliphatic carbocycles. The van der Waals surface area contributed by atoms with Crippen LogP contribution < -0.4 is 4.31 Å². The SMILES string of the molecule is C=CCN1c2cccc(Cl)c2CS1(=O)=O. The third-order valence-corrected chi connectivity index (χ3v) is 4.35. The maximum atomic E-state index is 11.8. The molecule has 0 aromatic heterocycles. The van der Waals surface area contributed by atoms with Crippen LogP contribution in [0.2, 0.25) is 5.02 Å². The Morgan fingerprint density at radius 2 is 2.27 bits per heavy atom. The normalized spacial score (nSPS) is 17.5. The lowest BCUT2D eigenvalue weighted by molar-refractivity contribution is 0.595. The van der Waals surface area contributed by atoms with Crippen LogP contribution in [0.1, 0.15) is 5.56 Å². The van der Waals surface area contributed by atoms with Crippen LogP contribution in [0, 0.1) is 0 Å². The van der Waals surface area contributed by atoms with E-state index in [4.69, 9.17) is 11.6 Å². The van der Waals surface area contributed by atoms with Crippen LogP contribution in [0.25, 0.3) is 0 Å². The van der Waals surface area contributed by atoms with Gasteiger partial charge in [0.05, 0.1) is 18.0 Å². The number of hydrogen-bond acceptors (Lipinski definition) is 2. The van der Waals surface area contributed by atoms with Crippen LogP contribution in [0.3, 0.4) is 0 Å². The number of rotatable bonds is 2. The van der Waals surface area contributed by atoms with Crippen molar-refractivity contribution in [3.05, 3.63) is 41.4 Å². The fourth-order valence-electron chi connectivity index (χ4n) is 1.66. The molecule has 0 N–H and O–H groups in total. The van der Waals surface area contributed by atoms with E-state index in [9.17, 15) is 8.42 Å². The Labute approximate surface area is 94.0 Å². The minimum atomic E-state index is -3.25. The predicted octanol–water partition coefficient (Wildman–Crippen LogP) is 2.18. The number of hydrogen-bond donors (Lipinski definition) is 0. The van der Waals surface area contributed by atoms with Gasteiger partial charge in [0.25, 0.3) is 0 Å². The summed E-state index contributed by atoms with van der Waals surface area (Å²) < 4.78 is 24.9. The first-order valence-electron chi connectivity index (χ1n) is 4.45.